The van der Waals surface area contributed by atoms with Crippen molar-refractivity contribution in [1.82, 2.24) is 0 Å². The normalized spacial score (nSPS) is 0. The molecule has 0 atom stereocenters. The van der Waals surface area contributed by atoms with Crippen LogP contribution >= 0.6 is 0 Å². The van der Waals surface area contributed by atoms with Crippen LogP contribution in [-0.2, 0) is 44.3 Å². The van der Waals surface area contributed by atoms with Crippen LogP contribution in [-0.4, -0.2) is 19.8 Å². The number of hydrogen-bond acceptors (Lipinski definition) is 0. The molecule has 0 saturated carbocycles. The summed E-state index contributed by atoms with van der Waals surface area (Å²) in [5, 5.41) is 0. The third-order valence-electron chi connectivity index (χ3n) is 0. The average Bonchev–Trinajstić information content (AvgIpc) is 0. The van der Waals surface area contributed by atoms with Crippen LogP contribution in [0.4, 0.5) is 0 Å². The summed E-state index contributed by atoms with van der Waals surface area (Å²) in [4.78, 5) is 0. The second kappa shape index (κ2) is 114. The van der Waals surface area contributed by atoms with Gasteiger partial charge in [0.15, 0.2) is 0 Å². The molecule has 0 N–H and O–H groups in total. The molecule has 6 heteroatoms. The van der Waals surface area contributed by atoms with Crippen LogP contribution in [0.1, 0.15) is 0 Å². The maximum absolute atomic E-state index is 0. The fourth-order valence-electron chi connectivity index (χ4n) is 0. The Bertz CT molecular complexity index is 7.51. The molecule has 0 aromatic rings. The Labute approximate surface area is 64.1 Å². The molecular formula is GaO4Ta. The zero-order valence-electron chi connectivity index (χ0n) is 2.66. The summed E-state index contributed by atoms with van der Waals surface area (Å²) in [6, 6.07) is 0. The molecule has 0 fully saturated rings. The third kappa shape index (κ3) is 62.7. The van der Waals surface area contributed by atoms with Crippen molar-refractivity contribution in [2.75, 3.05) is 0 Å². The van der Waals surface area contributed by atoms with Crippen molar-refractivity contribution in [2.45, 2.75) is 0 Å². The van der Waals surface area contributed by atoms with Gasteiger partial charge in [0, 0.05) is 0 Å². The van der Waals surface area contributed by atoms with E-state index in [2.05, 4.69) is 0 Å². The molecule has 0 heterocycles. The van der Waals surface area contributed by atoms with E-state index < -0.39 is 0 Å². The van der Waals surface area contributed by atoms with Crippen molar-refractivity contribution >= 4 is 19.8 Å². The molecule has 0 aromatic heterocycles. The fourth-order valence-corrected chi connectivity index (χ4v) is 0. The fraction of sp³-hybridized carbons (Fsp3) is 0. The summed E-state index contributed by atoms with van der Waals surface area (Å²) in [7, 11) is 0. The van der Waals surface area contributed by atoms with Crippen LogP contribution in [0, 0.1) is 0 Å². The van der Waals surface area contributed by atoms with Crippen molar-refractivity contribution in [2.24, 2.45) is 0 Å². The van der Waals surface area contributed by atoms with Gasteiger partial charge in [-0.2, -0.15) is 0 Å². The molecule has 0 bridgehead atoms. The van der Waals surface area contributed by atoms with Crippen LogP contribution in [0.5, 0.6) is 0 Å². The van der Waals surface area contributed by atoms with E-state index in [0.29, 0.717) is 0 Å². The van der Waals surface area contributed by atoms with Crippen molar-refractivity contribution in [3.8, 4) is 0 Å². The first-order chi connectivity index (χ1) is 0. The average molecular weight is 315 g/mol. The molecule has 4 nitrogen and oxygen atoms in total. The zero-order chi connectivity index (χ0) is 0. The van der Waals surface area contributed by atoms with Gasteiger partial charge in [0.25, 0.3) is 0 Å². The first kappa shape index (κ1) is 188. The Hall–Kier alpha value is 1.22. The Morgan fingerprint density at radius 2 is 0.500 bits per heavy atom. The second-order valence-electron chi connectivity index (χ2n) is 0. The van der Waals surface area contributed by atoms with Crippen LogP contribution < -0.4 is 0 Å². The largest absolute Gasteiger partial charge is 5.00 e. The van der Waals surface area contributed by atoms with Gasteiger partial charge < -0.3 is 21.9 Å². The smallest absolute Gasteiger partial charge is 2.00 e. The van der Waals surface area contributed by atoms with Crippen LogP contribution in [0.15, 0.2) is 0 Å². The molecule has 32 valence electrons. The molecule has 0 aliphatic heterocycles. The summed E-state index contributed by atoms with van der Waals surface area (Å²) >= 11 is 0. The van der Waals surface area contributed by atoms with Crippen LogP contribution in [0.25, 0.3) is 0 Å². The first-order valence-corrected chi connectivity index (χ1v) is 0. The van der Waals surface area contributed by atoms with E-state index in [4.69, 9.17) is 0 Å². The predicted octanol–water partition coefficient (Wildman–Crippen LogP) is -0.859. The molecule has 0 spiro atoms. The predicted molar refractivity (Wildman–Crippen MR) is 8.50 cm³/mol. The van der Waals surface area contributed by atoms with Crippen molar-refractivity contribution in [1.29, 1.82) is 0 Å². The molecule has 0 aromatic carbocycles. The van der Waals surface area contributed by atoms with Gasteiger partial charge in [-0.1, -0.05) is 0 Å². The topological polar surface area (TPSA) is 114 Å². The van der Waals surface area contributed by atoms with Gasteiger partial charge in [0.05, 0.1) is 0 Å². The quantitative estimate of drug-likeness (QED) is 0.518. The molecule has 0 amide bonds. The van der Waals surface area contributed by atoms with E-state index in [0.717, 1.165) is 0 Å². The summed E-state index contributed by atoms with van der Waals surface area (Å²) < 4.78 is 0. The SMILES string of the molecule is [Ga+3].[O-2].[O-2].[O-2].[O-2].[Ta+5]. The minimum atomic E-state index is 0. The van der Waals surface area contributed by atoms with Crippen LogP contribution in [0.3, 0.4) is 0 Å². The van der Waals surface area contributed by atoms with Crippen molar-refractivity contribution in [3.05, 3.63) is 0 Å². The maximum Gasteiger partial charge on any atom is 5.00 e. The van der Waals surface area contributed by atoms with E-state index in [1.54, 1.807) is 0 Å². The Balaban J connectivity index is 0. The molecule has 6 heavy (non-hydrogen) atoms. The van der Waals surface area contributed by atoms with E-state index in [-0.39, 0.29) is 64.1 Å². The van der Waals surface area contributed by atoms with Gasteiger partial charge in [-0.3, -0.25) is 0 Å². The minimum absolute atomic E-state index is 0. The maximum atomic E-state index is 0. The van der Waals surface area contributed by atoms with E-state index in [9.17, 15) is 0 Å². The van der Waals surface area contributed by atoms with Gasteiger partial charge in [0.1, 0.15) is 0 Å². The molecular weight excluding hydrogens is 315 g/mol. The van der Waals surface area contributed by atoms with Crippen LogP contribution in [0.2, 0.25) is 0 Å². The third-order valence-corrected chi connectivity index (χ3v) is 0. The number of hydrogen-bond donors (Lipinski definition) is 0. The Morgan fingerprint density at radius 1 is 0.500 bits per heavy atom. The Kier molecular flexibility index (Phi) is 3590. The monoisotopic (exact) mass is 314 g/mol. The second-order valence-corrected chi connectivity index (χ2v) is 0. The Morgan fingerprint density at radius 3 is 0.500 bits per heavy atom. The van der Waals surface area contributed by atoms with Gasteiger partial charge >= 0.3 is 42.2 Å². The van der Waals surface area contributed by atoms with Gasteiger partial charge in [-0.05, 0) is 0 Å². The summed E-state index contributed by atoms with van der Waals surface area (Å²) in [6.07, 6.45) is 0. The van der Waals surface area contributed by atoms with Gasteiger partial charge in [0.2, 0.25) is 0 Å². The molecule has 0 rings (SSSR count). The molecule has 0 aliphatic rings. The molecule has 0 radical (unpaired) electrons. The number of rotatable bonds is 0. The molecule has 0 saturated heterocycles. The molecule has 0 aliphatic carbocycles. The van der Waals surface area contributed by atoms with E-state index in [1.165, 1.54) is 0 Å². The first-order valence-electron chi connectivity index (χ1n) is 0. The van der Waals surface area contributed by atoms with Gasteiger partial charge in [-0.25, -0.2) is 0 Å². The minimum Gasteiger partial charge on any atom is -2.00 e. The van der Waals surface area contributed by atoms with E-state index in [1.807, 2.05) is 0 Å². The zero-order valence-corrected chi connectivity index (χ0v) is 8.29. The standard InChI is InChI=1S/Ga.4O.Ta/q+3;4*-2;+5. The summed E-state index contributed by atoms with van der Waals surface area (Å²) in [5.74, 6) is 0. The van der Waals surface area contributed by atoms with E-state index >= 15 is 0 Å². The summed E-state index contributed by atoms with van der Waals surface area (Å²) in [6.45, 7) is 0. The van der Waals surface area contributed by atoms with Gasteiger partial charge in [-0.15, -0.1) is 0 Å². The summed E-state index contributed by atoms with van der Waals surface area (Å²) in [5.41, 5.74) is 0. The van der Waals surface area contributed by atoms with Crippen molar-refractivity contribution < 1.29 is 44.3 Å². The van der Waals surface area contributed by atoms with Crippen molar-refractivity contribution in [3.63, 3.8) is 0 Å². The molecule has 0 unspecified atom stereocenters.